The van der Waals surface area contributed by atoms with Gasteiger partial charge in [0.25, 0.3) is 0 Å². The van der Waals surface area contributed by atoms with E-state index in [0.717, 1.165) is 25.8 Å². The molecule has 0 aromatic rings. The van der Waals surface area contributed by atoms with Crippen LogP contribution in [-0.4, -0.2) is 86.7 Å². The molecule has 2 saturated heterocycles. The summed E-state index contributed by atoms with van der Waals surface area (Å²) in [5.74, 6) is 0.846. The molecule has 0 bridgehead atoms. The number of carbonyl (C=O) groups excluding carboxylic acids is 1. The number of aliphatic hydroxyl groups excluding tert-OH is 4. The molecule has 0 aromatic carbocycles. The van der Waals surface area contributed by atoms with Crippen LogP contribution < -0.4 is 10.6 Å². The Morgan fingerprint density at radius 2 is 1.96 bits per heavy atom. The van der Waals surface area contributed by atoms with Gasteiger partial charge in [-0.3, -0.25) is 4.79 Å². The number of carbonyl (C=O) groups is 1. The maximum absolute atomic E-state index is 12.7. The SMILES string of the molecule is CCC[C@H]1CN[C@H](C(=O)N[C@@H]([C@H]2O[C@H](SCC)[C@H](O)[C@@H](O)[C@H]2O)[C@@H](C)O)C1. The molecule has 2 rings (SSSR count). The Bertz CT molecular complexity index is 483. The van der Waals surface area contributed by atoms with Crippen molar-refractivity contribution in [3.05, 3.63) is 0 Å². The van der Waals surface area contributed by atoms with E-state index in [0.29, 0.717) is 11.7 Å². The molecule has 0 aromatic heterocycles. The first-order valence-electron chi connectivity index (χ1n) is 9.83. The zero-order chi connectivity index (χ0) is 20.1. The van der Waals surface area contributed by atoms with E-state index in [2.05, 4.69) is 17.6 Å². The van der Waals surface area contributed by atoms with E-state index in [9.17, 15) is 25.2 Å². The van der Waals surface area contributed by atoms with Gasteiger partial charge in [0, 0.05) is 0 Å². The molecule has 0 radical (unpaired) electrons. The van der Waals surface area contributed by atoms with Crippen LogP contribution in [0.3, 0.4) is 0 Å². The molecule has 27 heavy (non-hydrogen) atoms. The zero-order valence-corrected chi connectivity index (χ0v) is 17.1. The second kappa shape index (κ2) is 10.4. The minimum absolute atomic E-state index is 0.254. The Hall–Kier alpha value is -0.420. The lowest BCUT2D eigenvalue weighted by Gasteiger charge is -2.44. The van der Waals surface area contributed by atoms with E-state index in [1.807, 2.05) is 6.92 Å². The van der Waals surface area contributed by atoms with E-state index < -0.39 is 42.0 Å². The fourth-order valence-electron chi connectivity index (χ4n) is 3.85. The molecule has 9 heteroatoms. The molecule has 158 valence electrons. The molecule has 0 aliphatic carbocycles. The highest BCUT2D eigenvalue weighted by Crippen LogP contribution is 2.30. The van der Waals surface area contributed by atoms with E-state index in [1.54, 1.807) is 0 Å². The van der Waals surface area contributed by atoms with Crippen molar-refractivity contribution < 1.29 is 30.0 Å². The van der Waals surface area contributed by atoms with E-state index in [-0.39, 0.29) is 11.9 Å². The molecule has 0 spiro atoms. The number of aliphatic hydroxyl groups is 4. The lowest BCUT2D eigenvalue weighted by atomic mass is 9.92. The molecule has 2 aliphatic rings. The smallest absolute Gasteiger partial charge is 0.237 e. The van der Waals surface area contributed by atoms with Gasteiger partial charge in [-0.2, -0.15) is 0 Å². The van der Waals surface area contributed by atoms with Crippen LogP contribution in [-0.2, 0) is 9.53 Å². The zero-order valence-electron chi connectivity index (χ0n) is 16.2. The van der Waals surface area contributed by atoms with Crippen molar-refractivity contribution in [2.45, 2.75) is 88.1 Å². The van der Waals surface area contributed by atoms with Crippen LogP contribution in [0, 0.1) is 5.92 Å². The quantitative estimate of drug-likeness (QED) is 0.309. The van der Waals surface area contributed by atoms with Gasteiger partial charge >= 0.3 is 0 Å². The van der Waals surface area contributed by atoms with Gasteiger partial charge < -0.3 is 35.8 Å². The topological polar surface area (TPSA) is 131 Å². The molecule has 2 heterocycles. The molecule has 2 fully saturated rings. The van der Waals surface area contributed by atoms with E-state index in [4.69, 9.17) is 4.74 Å². The summed E-state index contributed by atoms with van der Waals surface area (Å²) in [6, 6.07) is -1.25. The van der Waals surface area contributed by atoms with Gasteiger partial charge in [-0.25, -0.2) is 0 Å². The Balaban J connectivity index is 2.06. The second-order valence-electron chi connectivity index (χ2n) is 7.52. The van der Waals surface area contributed by atoms with Crippen molar-refractivity contribution in [3.8, 4) is 0 Å². The Labute approximate surface area is 165 Å². The molecular weight excluding hydrogens is 372 g/mol. The van der Waals surface area contributed by atoms with E-state index >= 15 is 0 Å². The highest BCUT2D eigenvalue weighted by atomic mass is 32.2. The molecular formula is C18H34N2O6S. The molecule has 8 nitrogen and oxygen atoms in total. The van der Waals surface area contributed by atoms with Gasteiger partial charge in [0.05, 0.1) is 18.2 Å². The predicted octanol–water partition coefficient (Wildman–Crippen LogP) is -0.809. The van der Waals surface area contributed by atoms with Gasteiger partial charge in [0.1, 0.15) is 29.9 Å². The van der Waals surface area contributed by atoms with Gasteiger partial charge in [-0.15, -0.1) is 11.8 Å². The summed E-state index contributed by atoms with van der Waals surface area (Å²) in [5, 5.41) is 46.8. The first kappa shape index (κ1) is 22.9. The third kappa shape index (κ3) is 5.56. The summed E-state index contributed by atoms with van der Waals surface area (Å²) in [4.78, 5) is 12.7. The number of ether oxygens (including phenoxy) is 1. The highest BCUT2D eigenvalue weighted by Gasteiger charge is 2.48. The minimum Gasteiger partial charge on any atom is -0.391 e. The van der Waals surface area contributed by atoms with Crippen LogP contribution in [0.1, 0.15) is 40.0 Å². The van der Waals surface area contributed by atoms with Crippen molar-refractivity contribution in [1.82, 2.24) is 10.6 Å². The number of thioether (sulfide) groups is 1. The van der Waals surface area contributed by atoms with Gasteiger partial charge in [-0.1, -0.05) is 20.3 Å². The average Bonchev–Trinajstić information content (AvgIpc) is 3.09. The van der Waals surface area contributed by atoms with Crippen LogP contribution in [0.25, 0.3) is 0 Å². The average molecular weight is 407 g/mol. The first-order valence-corrected chi connectivity index (χ1v) is 10.9. The van der Waals surface area contributed by atoms with Crippen molar-refractivity contribution in [2.24, 2.45) is 5.92 Å². The predicted molar refractivity (Wildman–Crippen MR) is 103 cm³/mol. The van der Waals surface area contributed by atoms with Crippen molar-refractivity contribution in [1.29, 1.82) is 0 Å². The van der Waals surface area contributed by atoms with Crippen LogP contribution in [0.5, 0.6) is 0 Å². The minimum atomic E-state index is -1.42. The van der Waals surface area contributed by atoms with E-state index in [1.165, 1.54) is 18.7 Å². The summed E-state index contributed by atoms with van der Waals surface area (Å²) in [6.45, 7) is 6.29. The Morgan fingerprint density at radius 3 is 2.56 bits per heavy atom. The number of hydrogen-bond acceptors (Lipinski definition) is 8. The first-order chi connectivity index (χ1) is 12.8. The summed E-state index contributed by atoms with van der Waals surface area (Å²) in [7, 11) is 0. The maximum atomic E-state index is 12.7. The number of nitrogens with one attached hydrogen (secondary N) is 2. The fourth-order valence-corrected chi connectivity index (χ4v) is 4.74. The maximum Gasteiger partial charge on any atom is 0.237 e. The molecule has 6 N–H and O–H groups in total. The summed E-state index contributed by atoms with van der Waals surface area (Å²) in [5.41, 5.74) is -0.741. The second-order valence-corrected chi connectivity index (χ2v) is 8.90. The molecule has 1 amide bonds. The van der Waals surface area contributed by atoms with Crippen molar-refractivity contribution >= 4 is 17.7 Å². The van der Waals surface area contributed by atoms with Crippen LogP contribution in [0.15, 0.2) is 0 Å². The summed E-state index contributed by atoms with van der Waals surface area (Å²) >= 11 is 1.30. The fraction of sp³-hybridized carbons (Fsp3) is 0.944. The lowest BCUT2D eigenvalue weighted by molar-refractivity contribution is -0.211. The van der Waals surface area contributed by atoms with Gasteiger partial charge in [0.2, 0.25) is 5.91 Å². The van der Waals surface area contributed by atoms with Gasteiger partial charge in [0.15, 0.2) is 0 Å². The third-order valence-corrected chi connectivity index (χ3v) is 6.41. The summed E-state index contributed by atoms with van der Waals surface area (Å²) < 4.78 is 5.78. The number of rotatable bonds is 8. The largest absolute Gasteiger partial charge is 0.391 e. The third-order valence-electron chi connectivity index (χ3n) is 5.36. The van der Waals surface area contributed by atoms with Crippen molar-refractivity contribution in [3.63, 3.8) is 0 Å². The molecule has 0 unspecified atom stereocenters. The normalized spacial score (nSPS) is 39.1. The van der Waals surface area contributed by atoms with Crippen molar-refractivity contribution in [2.75, 3.05) is 12.3 Å². The summed E-state index contributed by atoms with van der Waals surface area (Å²) in [6.07, 6.45) is -3.24. The number of amides is 1. The van der Waals surface area contributed by atoms with Crippen LogP contribution in [0.2, 0.25) is 0 Å². The molecule has 9 atom stereocenters. The van der Waals surface area contributed by atoms with Crippen LogP contribution >= 0.6 is 11.8 Å². The van der Waals surface area contributed by atoms with Gasteiger partial charge in [-0.05, 0) is 38.0 Å². The molecule has 2 aliphatic heterocycles. The standard InChI is InChI=1S/C18H34N2O6S/c1-4-6-10-7-11(19-8-10)17(25)20-12(9(3)21)16-14(23)13(22)15(24)18(26-16)27-5-2/h9-16,18-19,21-24H,4-8H2,1-3H3,(H,20,25)/t9-,10-,11+,12-,13+,14-,15-,16-,18-/m1/s1. The molecule has 0 saturated carbocycles. The number of hydrogen-bond donors (Lipinski definition) is 6. The monoisotopic (exact) mass is 406 g/mol. The van der Waals surface area contributed by atoms with Crippen LogP contribution in [0.4, 0.5) is 0 Å². The lowest BCUT2D eigenvalue weighted by Crippen LogP contribution is -2.65. The highest BCUT2D eigenvalue weighted by molar-refractivity contribution is 7.99. The Morgan fingerprint density at radius 1 is 1.26 bits per heavy atom. The Kier molecular flexibility index (Phi) is 8.79.